The van der Waals surface area contributed by atoms with Gasteiger partial charge in [0.05, 0.1) is 5.69 Å². The molecule has 0 aromatic carbocycles. The van der Waals surface area contributed by atoms with Gasteiger partial charge in [0.25, 0.3) is 11.8 Å². The highest BCUT2D eigenvalue weighted by atomic mass is 32.2. The maximum absolute atomic E-state index is 12.7. The summed E-state index contributed by atoms with van der Waals surface area (Å²) in [6.07, 6.45) is 0. The predicted molar refractivity (Wildman–Crippen MR) is 116 cm³/mol. The molecule has 5 N–H and O–H groups in total. The van der Waals surface area contributed by atoms with Gasteiger partial charge < -0.3 is 21.4 Å². The zero-order chi connectivity index (χ0) is 22.1. The highest BCUT2D eigenvalue weighted by Gasteiger charge is 2.54. The molecule has 2 aromatic heterocycles. The first-order chi connectivity index (χ1) is 14.9. The maximum atomic E-state index is 12.7. The Morgan fingerprint density at radius 1 is 1.42 bits per heavy atom. The number of carboxylic acids is 1. The first-order valence-corrected chi connectivity index (χ1v) is 12.2. The van der Waals surface area contributed by atoms with Crippen molar-refractivity contribution >= 4 is 75.0 Å². The van der Waals surface area contributed by atoms with Crippen LogP contribution >= 0.6 is 46.4 Å². The fourth-order valence-corrected chi connectivity index (χ4v) is 6.55. The fraction of sp³-hybridized carbons (Fsp3) is 0.267. The number of rotatable bonds is 7. The van der Waals surface area contributed by atoms with Crippen molar-refractivity contribution in [2.75, 3.05) is 11.5 Å². The third kappa shape index (κ3) is 4.10. The van der Waals surface area contributed by atoms with Gasteiger partial charge in [-0.25, -0.2) is 9.78 Å². The van der Waals surface area contributed by atoms with Gasteiger partial charge in [-0.05, 0) is 11.5 Å². The van der Waals surface area contributed by atoms with Crippen LogP contribution in [0.25, 0.3) is 0 Å². The number of nitrogens with one attached hydrogen (secondary N) is 1. The van der Waals surface area contributed by atoms with Crippen LogP contribution in [-0.2, 0) is 20.1 Å². The molecule has 1 saturated heterocycles. The minimum atomic E-state index is -1.22. The van der Waals surface area contributed by atoms with Gasteiger partial charge in [0.15, 0.2) is 10.8 Å². The molecule has 2 atom stereocenters. The Kier molecular flexibility index (Phi) is 6.12. The van der Waals surface area contributed by atoms with Crippen molar-refractivity contribution in [3.05, 3.63) is 32.8 Å². The minimum absolute atomic E-state index is 0.0729. The molecule has 0 spiro atoms. The Bertz CT molecular complexity index is 1100. The summed E-state index contributed by atoms with van der Waals surface area (Å²) in [4.78, 5) is 42.7. The summed E-state index contributed by atoms with van der Waals surface area (Å²) in [5.41, 5.74) is 5.84. The first-order valence-electron chi connectivity index (χ1n) is 8.44. The van der Waals surface area contributed by atoms with Crippen LogP contribution in [0.5, 0.6) is 0 Å². The molecule has 0 bridgehead atoms. The van der Waals surface area contributed by atoms with Gasteiger partial charge in [0.2, 0.25) is 0 Å². The summed E-state index contributed by atoms with van der Waals surface area (Å²) in [5.74, 6) is -1.81. The molecule has 2 aliphatic heterocycles. The quantitative estimate of drug-likeness (QED) is 0.179. The molecule has 1 fully saturated rings. The smallest absolute Gasteiger partial charge is 0.353 e. The topological polar surface area (TPSA) is 184 Å². The van der Waals surface area contributed by atoms with Crippen molar-refractivity contribution in [1.29, 1.82) is 0 Å². The molecule has 4 rings (SSSR count). The second-order valence-electron chi connectivity index (χ2n) is 6.14. The number of thioether (sulfide) groups is 2. The van der Waals surface area contributed by atoms with Crippen LogP contribution in [0.3, 0.4) is 0 Å². The number of aliphatic carboxylic acids is 1. The van der Waals surface area contributed by atoms with E-state index in [2.05, 4.69) is 25.0 Å². The normalized spacial score (nSPS) is 21.0. The molecule has 0 unspecified atom stereocenters. The molecular weight excluding hydrogens is 486 g/mol. The summed E-state index contributed by atoms with van der Waals surface area (Å²) in [6.45, 7) is 0. The van der Waals surface area contributed by atoms with Gasteiger partial charge in [0, 0.05) is 27.2 Å². The number of carbonyl (C=O) groups is 3. The lowest BCUT2D eigenvalue weighted by atomic mass is 10.0. The van der Waals surface area contributed by atoms with E-state index in [0.717, 1.165) is 17.0 Å². The van der Waals surface area contributed by atoms with Crippen LogP contribution in [-0.4, -0.2) is 70.4 Å². The summed E-state index contributed by atoms with van der Waals surface area (Å²) in [7, 11) is 0. The van der Waals surface area contributed by atoms with E-state index in [1.54, 1.807) is 5.38 Å². The standard InChI is InChI=1S/C15H13N7O5S4/c16-15-17-6(3-30-15)8(20-27)11(23)18-9-12(24)22-10(14(25)26)7(4-29-13(9)22)28-1-5-2-31-21-19-5/h2-3,9,13,27H,1,4H2,(H2,16,17)(H,18,23)(H,25,26)/b20-8-/t9-,13+/m1/s1. The highest BCUT2D eigenvalue weighted by Crippen LogP contribution is 2.44. The van der Waals surface area contributed by atoms with Crippen LogP contribution in [0.4, 0.5) is 5.13 Å². The molecule has 12 nitrogen and oxygen atoms in total. The van der Waals surface area contributed by atoms with E-state index in [1.807, 2.05) is 0 Å². The SMILES string of the molecule is Nc1nc(/C(=N/O)C(=O)N[C@@H]2C(=O)N3C(C(=O)O)=C(SCc4csnn4)CS[C@@H]23)cs1. The number of hydrogen-bond acceptors (Lipinski definition) is 13. The summed E-state index contributed by atoms with van der Waals surface area (Å²) < 4.78 is 3.77. The van der Waals surface area contributed by atoms with E-state index < -0.39 is 29.2 Å². The molecule has 0 radical (unpaired) electrons. The Morgan fingerprint density at radius 3 is 2.84 bits per heavy atom. The monoisotopic (exact) mass is 499 g/mol. The number of nitrogens with zero attached hydrogens (tertiary/aromatic N) is 5. The van der Waals surface area contributed by atoms with Crippen molar-refractivity contribution in [1.82, 2.24) is 24.8 Å². The average molecular weight is 500 g/mol. The van der Waals surface area contributed by atoms with E-state index in [1.165, 1.54) is 45.3 Å². The number of aromatic nitrogens is 3. The number of carboxylic acid groups (broad SMARTS) is 1. The molecule has 2 amide bonds. The Morgan fingerprint density at radius 2 is 2.23 bits per heavy atom. The van der Waals surface area contributed by atoms with Gasteiger partial charge in [0.1, 0.15) is 22.8 Å². The molecule has 2 aromatic rings. The summed E-state index contributed by atoms with van der Waals surface area (Å²) in [6, 6.07) is -0.964. The number of carbonyl (C=O) groups excluding carboxylic acids is 2. The second kappa shape index (κ2) is 8.81. The Labute approximate surface area is 190 Å². The number of amides is 2. The van der Waals surface area contributed by atoms with Crippen molar-refractivity contribution in [2.45, 2.75) is 17.2 Å². The number of nitrogens with two attached hydrogens (primary N) is 1. The van der Waals surface area contributed by atoms with Crippen molar-refractivity contribution in [3.8, 4) is 0 Å². The lowest BCUT2D eigenvalue weighted by molar-refractivity contribution is -0.150. The Balaban J connectivity index is 1.48. The van der Waals surface area contributed by atoms with Gasteiger partial charge in [-0.1, -0.05) is 9.64 Å². The minimum Gasteiger partial charge on any atom is -0.477 e. The molecule has 2 aliphatic rings. The van der Waals surface area contributed by atoms with Gasteiger partial charge in [-0.15, -0.1) is 40.0 Å². The zero-order valence-electron chi connectivity index (χ0n) is 15.3. The largest absolute Gasteiger partial charge is 0.477 e. The maximum Gasteiger partial charge on any atom is 0.353 e. The molecule has 4 heterocycles. The second-order valence-corrected chi connectivity index (χ2v) is 9.82. The lowest BCUT2D eigenvalue weighted by Gasteiger charge is -2.49. The summed E-state index contributed by atoms with van der Waals surface area (Å²) >= 11 is 4.88. The van der Waals surface area contributed by atoms with Crippen LogP contribution < -0.4 is 11.1 Å². The molecule has 162 valence electrons. The molecular formula is C15H13N7O5S4. The number of fused-ring (bicyclic) bond motifs is 1. The third-order valence-electron chi connectivity index (χ3n) is 4.30. The molecule has 16 heteroatoms. The lowest BCUT2D eigenvalue weighted by Crippen LogP contribution is -2.71. The molecule has 31 heavy (non-hydrogen) atoms. The van der Waals surface area contributed by atoms with Crippen LogP contribution in [0, 0.1) is 0 Å². The van der Waals surface area contributed by atoms with E-state index >= 15 is 0 Å². The van der Waals surface area contributed by atoms with Gasteiger partial charge in [-0.2, -0.15) is 0 Å². The van der Waals surface area contributed by atoms with Crippen molar-refractivity contribution in [3.63, 3.8) is 0 Å². The van der Waals surface area contributed by atoms with E-state index in [9.17, 15) is 24.7 Å². The van der Waals surface area contributed by atoms with Crippen LogP contribution in [0.2, 0.25) is 0 Å². The van der Waals surface area contributed by atoms with Gasteiger partial charge >= 0.3 is 5.97 Å². The van der Waals surface area contributed by atoms with Crippen molar-refractivity contribution in [2.24, 2.45) is 5.16 Å². The number of hydrogen-bond donors (Lipinski definition) is 4. The van der Waals surface area contributed by atoms with E-state index in [4.69, 9.17) is 5.73 Å². The first kappa shape index (κ1) is 21.5. The molecule has 0 saturated carbocycles. The van der Waals surface area contributed by atoms with Crippen molar-refractivity contribution < 1.29 is 24.7 Å². The number of anilines is 1. The van der Waals surface area contributed by atoms with E-state index in [-0.39, 0.29) is 22.2 Å². The zero-order valence-corrected chi connectivity index (χ0v) is 18.6. The van der Waals surface area contributed by atoms with Crippen LogP contribution in [0.1, 0.15) is 11.4 Å². The average Bonchev–Trinajstić information content (AvgIpc) is 3.42. The van der Waals surface area contributed by atoms with E-state index in [0.29, 0.717) is 16.4 Å². The molecule has 0 aliphatic carbocycles. The number of nitrogen functional groups attached to an aromatic ring is 1. The van der Waals surface area contributed by atoms with Crippen LogP contribution in [0.15, 0.2) is 26.5 Å². The number of thiazole rings is 1. The number of oxime groups is 1. The van der Waals surface area contributed by atoms with Gasteiger partial charge in [-0.3, -0.25) is 14.5 Å². The summed E-state index contributed by atoms with van der Waals surface area (Å²) in [5, 5.41) is 31.1. The Hall–Kier alpha value is -2.69. The fourth-order valence-electron chi connectivity index (χ4n) is 2.93. The third-order valence-corrected chi connectivity index (χ3v) is 8.12. The highest BCUT2D eigenvalue weighted by molar-refractivity contribution is 8.05. The number of β-lactam (4-membered cyclic amide) rings is 1. The predicted octanol–water partition coefficient (Wildman–Crippen LogP) is 0.385.